The number of hydrogen-bond acceptors (Lipinski definition) is 20. The number of unbranched alkanes of at least 4 members (excludes halogenated alkanes) is 2. The number of phosphoric ester groups is 1. The SMILES string of the molecule is CCOc1ccc2c(c1CNC(=O)CCCCC[N+]1=C(/C=C/C=C3/N(CC)c4cc(S(=O)(=O)O)c5cc(S(=O)(=O)O)ccc5c4C3(C)C)C(C)(C)c3c1cc(SOOO)c1cc(SOOO)ccc31)Oc1cc(OP(=O)(O)O)ccc1C21OC(=O)c2ccccc21. The van der Waals surface area contributed by atoms with E-state index in [-0.39, 0.29) is 48.1 Å². The largest absolute Gasteiger partial charge is 0.524 e. The van der Waals surface area contributed by atoms with Gasteiger partial charge in [0, 0.05) is 86.9 Å². The Morgan fingerprint density at radius 2 is 1.51 bits per heavy atom. The standard InChI is InChI=1S/C62H60N3O21PS4/c1-7-64-48-33-52(91(76,77)78)42-31-37(90(73,74)75)22-24-39(42)57(48)60(3,4)53(64)17-14-18-54-61(5,6)56-38-23-21-36(88-85-83-68)30-41(38)51(89-86-84-69)32-47(56)65(54)28-13-9-10-19-55(66)63-34-43-49(79-8-2)27-26-46-58(43)80-50-29-35(82-87(70,71)72)20-25-45(50)62(46)44-16-12-11-15-40(44)59(67)81-62/h11-12,14-18,20-27,29-33H,7-10,13,19,28,34H2,1-6H3,(H6-,63,66,68,69,70,71,72,73,74,75,76,77,78)/p+1. The summed E-state index contributed by atoms with van der Waals surface area (Å²) < 4.78 is 119. The fraction of sp³-hybridized carbons (Fsp3) is 0.274. The molecule has 1 spiro atoms. The predicted octanol–water partition coefficient (Wildman–Crippen LogP) is 12.3. The number of likely N-dealkylation sites (N-methyl/N-ethyl adjacent to an activating group) is 1. The van der Waals surface area contributed by atoms with Crippen molar-refractivity contribution in [3.63, 3.8) is 0 Å². The van der Waals surface area contributed by atoms with Gasteiger partial charge in [0.15, 0.2) is 11.3 Å². The number of allylic oxidation sites excluding steroid dienone is 4. The zero-order valence-electron chi connectivity index (χ0n) is 49.5. The van der Waals surface area contributed by atoms with Crippen molar-refractivity contribution in [3.8, 4) is 23.0 Å². The molecule has 478 valence electrons. The van der Waals surface area contributed by atoms with E-state index in [1.807, 2.05) is 56.0 Å². The molecule has 1 amide bonds. The highest BCUT2D eigenvalue weighted by Crippen LogP contribution is 2.59. The Morgan fingerprint density at radius 1 is 0.780 bits per heavy atom. The number of benzene rings is 7. The summed E-state index contributed by atoms with van der Waals surface area (Å²) in [6.07, 6.45) is 7.52. The first-order valence-corrected chi connectivity index (χ1v) is 34.3. The number of amides is 1. The second kappa shape index (κ2) is 25.0. The molecule has 1 atom stereocenters. The topological polar surface area (TPSA) is 333 Å². The molecule has 0 bridgehead atoms. The Bertz CT molecular complexity index is 4550. The van der Waals surface area contributed by atoms with Crippen molar-refractivity contribution in [2.75, 3.05) is 24.6 Å². The lowest BCUT2D eigenvalue weighted by atomic mass is 9.77. The summed E-state index contributed by atoms with van der Waals surface area (Å²) >= 11 is 1.52. The van der Waals surface area contributed by atoms with E-state index in [1.54, 1.807) is 55.5 Å². The number of rotatable bonds is 23. The molecule has 4 aliphatic rings. The minimum Gasteiger partial charge on any atom is -0.493 e. The molecule has 24 nitrogen and oxygen atoms in total. The van der Waals surface area contributed by atoms with E-state index in [2.05, 4.69) is 33.8 Å². The molecule has 0 fully saturated rings. The summed E-state index contributed by atoms with van der Waals surface area (Å²) in [6, 6.07) is 26.8. The summed E-state index contributed by atoms with van der Waals surface area (Å²) in [4.78, 5) is 48.9. The van der Waals surface area contributed by atoms with E-state index in [9.17, 15) is 55.1 Å². The Labute approximate surface area is 530 Å². The number of carbonyl (C=O) groups excluding carboxylic acids is 2. The predicted molar refractivity (Wildman–Crippen MR) is 334 cm³/mol. The van der Waals surface area contributed by atoms with Crippen LogP contribution in [-0.4, -0.2) is 88.1 Å². The summed E-state index contributed by atoms with van der Waals surface area (Å²) in [5, 5.41) is 31.0. The Balaban J connectivity index is 0.896. The molecule has 4 aliphatic heterocycles. The third-order valence-electron chi connectivity index (χ3n) is 16.7. The van der Waals surface area contributed by atoms with Gasteiger partial charge in [0.25, 0.3) is 20.2 Å². The van der Waals surface area contributed by atoms with Crippen LogP contribution in [0.5, 0.6) is 23.0 Å². The zero-order valence-corrected chi connectivity index (χ0v) is 53.6. The van der Waals surface area contributed by atoms with Crippen molar-refractivity contribution < 1.29 is 102 Å². The van der Waals surface area contributed by atoms with Gasteiger partial charge in [0.05, 0.1) is 63.6 Å². The third-order valence-corrected chi connectivity index (χ3v) is 20.1. The number of hydrogen-bond donors (Lipinski definition) is 7. The molecule has 0 aromatic heterocycles. The van der Waals surface area contributed by atoms with E-state index in [1.165, 1.54) is 36.4 Å². The molecule has 0 saturated carbocycles. The van der Waals surface area contributed by atoms with E-state index < -0.39 is 60.3 Å². The number of nitrogens with zero attached hydrogens (tertiary/aromatic N) is 2. The van der Waals surface area contributed by atoms with Crippen LogP contribution >= 0.6 is 31.9 Å². The van der Waals surface area contributed by atoms with E-state index in [0.717, 1.165) is 58.2 Å². The molecule has 11 rings (SSSR count). The average Bonchev–Trinajstić information content (AvgIpc) is 1.67. The molecular formula is C62H61N3O21PS4+. The van der Waals surface area contributed by atoms with Gasteiger partial charge in [0.1, 0.15) is 34.4 Å². The average molecular weight is 1340 g/mol. The van der Waals surface area contributed by atoms with E-state index >= 15 is 0 Å². The first-order valence-electron chi connectivity index (χ1n) is 28.4. The summed E-state index contributed by atoms with van der Waals surface area (Å²) in [6.45, 7) is 12.7. The molecular weight excluding hydrogens is 1280 g/mol. The second-order valence-electron chi connectivity index (χ2n) is 22.7. The molecule has 0 radical (unpaired) electrons. The molecule has 7 aromatic carbocycles. The lowest BCUT2D eigenvalue weighted by Crippen LogP contribution is -2.34. The first-order chi connectivity index (χ1) is 43.2. The summed E-state index contributed by atoms with van der Waals surface area (Å²) in [5.74, 6) is -0.481. The van der Waals surface area contributed by atoms with Gasteiger partial charge in [-0.2, -0.15) is 21.4 Å². The van der Waals surface area contributed by atoms with Gasteiger partial charge in [0.2, 0.25) is 11.6 Å². The van der Waals surface area contributed by atoms with E-state index in [0.29, 0.717) is 97.7 Å². The number of carbonyl (C=O) groups is 2. The maximum absolute atomic E-state index is 14.0. The number of fused-ring (bicyclic) bond motifs is 12. The fourth-order valence-electron chi connectivity index (χ4n) is 13.1. The van der Waals surface area contributed by atoms with Crippen LogP contribution in [0.25, 0.3) is 21.5 Å². The highest BCUT2D eigenvalue weighted by molar-refractivity contribution is 7.95. The summed E-state index contributed by atoms with van der Waals surface area (Å²) in [5.41, 5.74) is 3.31. The van der Waals surface area contributed by atoms with Crippen molar-refractivity contribution in [2.45, 2.75) is 110 Å². The monoisotopic (exact) mass is 1340 g/mol. The van der Waals surface area contributed by atoms with Gasteiger partial charge in [-0.1, -0.05) is 60.3 Å². The number of anilines is 1. The summed E-state index contributed by atoms with van der Waals surface area (Å²) in [7, 11) is -14.7. The van der Waals surface area contributed by atoms with Gasteiger partial charge >= 0.3 is 13.8 Å². The van der Waals surface area contributed by atoms with Gasteiger partial charge in [-0.25, -0.2) is 19.9 Å². The maximum atomic E-state index is 14.0. The van der Waals surface area contributed by atoms with Crippen molar-refractivity contribution in [1.82, 2.24) is 5.32 Å². The minimum atomic E-state index is -5.01. The van der Waals surface area contributed by atoms with Crippen molar-refractivity contribution in [2.24, 2.45) is 0 Å². The maximum Gasteiger partial charge on any atom is 0.524 e. The van der Waals surface area contributed by atoms with Gasteiger partial charge in [-0.05, 0) is 129 Å². The second-order valence-corrected chi connectivity index (χ2v) is 28.2. The molecule has 0 aliphatic carbocycles. The van der Waals surface area contributed by atoms with Crippen molar-refractivity contribution in [3.05, 3.63) is 166 Å². The molecule has 4 heterocycles. The van der Waals surface area contributed by atoms with Gasteiger partial charge in [-0.3, -0.25) is 23.7 Å². The number of ether oxygens (including phenoxy) is 3. The highest BCUT2D eigenvalue weighted by atomic mass is 32.2. The normalized spacial score (nSPS) is 17.6. The lowest BCUT2D eigenvalue weighted by molar-refractivity contribution is -0.438. The molecule has 29 heteroatoms. The molecule has 7 aromatic rings. The van der Waals surface area contributed by atoms with E-state index in [4.69, 9.17) is 32.7 Å². The molecule has 1 unspecified atom stereocenters. The number of esters is 1. The van der Waals surface area contributed by atoms with Crippen LogP contribution in [0.15, 0.2) is 147 Å². The first kappa shape index (κ1) is 65.3. The Kier molecular flexibility index (Phi) is 17.9. The van der Waals surface area contributed by atoms with Crippen LogP contribution in [0.2, 0.25) is 0 Å². The van der Waals surface area contributed by atoms with Crippen LogP contribution in [0.4, 0.5) is 11.4 Å². The van der Waals surface area contributed by atoms with Crippen molar-refractivity contribution >= 4 is 103 Å². The molecule has 7 N–H and O–H groups in total. The lowest BCUT2D eigenvalue weighted by Gasteiger charge is -2.37. The fourth-order valence-corrected chi connectivity index (χ4v) is 15.6. The number of phosphoric acid groups is 1. The Morgan fingerprint density at radius 3 is 2.22 bits per heavy atom. The van der Waals surface area contributed by atoms with Gasteiger partial charge < -0.3 is 29.0 Å². The number of nitrogens with one attached hydrogen (secondary N) is 1. The highest BCUT2D eigenvalue weighted by Gasteiger charge is 2.55. The third kappa shape index (κ3) is 12.0. The Hall–Kier alpha value is -7.22. The van der Waals surface area contributed by atoms with Crippen LogP contribution < -0.4 is 24.2 Å². The smallest absolute Gasteiger partial charge is 0.493 e. The van der Waals surface area contributed by atoms with Crippen LogP contribution in [0, 0.1) is 0 Å². The minimum absolute atomic E-state index is 0.0766. The van der Waals surface area contributed by atoms with Crippen molar-refractivity contribution in [1.29, 1.82) is 0 Å². The van der Waals surface area contributed by atoms with Crippen LogP contribution in [0.3, 0.4) is 0 Å². The zero-order chi connectivity index (χ0) is 65.2. The quantitative estimate of drug-likeness (QED) is 0.00457. The molecule has 91 heavy (non-hydrogen) atoms. The molecule has 0 saturated heterocycles. The van der Waals surface area contributed by atoms with Gasteiger partial charge in [-0.15, -0.1) is 8.67 Å². The van der Waals surface area contributed by atoms with Crippen LogP contribution in [-0.2, 0) is 76.1 Å². The van der Waals surface area contributed by atoms with Crippen LogP contribution in [0.1, 0.15) is 111 Å².